The topological polar surface area (TPSA) is 105 Å². The maximum atomic E-state index is 12.9. The Morgan fingerprint density at radius 2 is 1.72 bits per heavy atom. The molecule has 3 amide bonds. The van der Waals surface area contributed by atoms with Gasteiger partial charge in [0.2, 0.25) is 0 Å². The Morgan fingerprint density at radius 3 is 2.53 bits per heavy atom. The maximum Gasteiger partial charge on any atom is 0.338 e. The zero-order valence-electron chi connectivity index (χ0n) is 17.6. The summed E-state index contributed by atoms with van der Waals surface area (Å²) in [4.78, 5) is 25.5. The first-order chi connectivity index (χ1) is 15.5. The number of hydrogen-bond acceptors (Lipinski definition) is 5. The van der Waals surface area contributed by atoms with Crippen LogP contribution in [0.2, 0.25) is 0 Å². The fourth-order valence-electron chi connectivity index (χ4n) is 3.71. The van der Waals surface area contributed by atoms with E-state index in [1.54, 1.807) is 17.0 Å². The third-order valence-corrected chi connectivity index (χ3v) is 5.42. The number of carbonyl (C=O) groups excluding carboxylic acids is 2. The van der Waals surface area contributed by atoms with Gasteiger partial charge in [0.05, 0.1) is 13.1 Å². The molecule has 0 radical (unpaired) electrons. The lowest BCUT2D eigenvalue weighted by molar-refractivity contribution is -0.0464. The molecule has 0 aliphatic carbocycles. The Morgan fingerprint density at radius 1 is 1.00 bits per heavy atom. The van der Waals surface area contributed by atoms with Crippen LogP contribution in [-0.4, -0.2) is 60.0 Å². The fraction of sp³-hybridized carbons (Fsp3) is 0.250. The summed E-state index contributed by atoms with van der Waals surface area (Å²) in [7, 11) is 0. The number of rotatable bonds is 8. The van der Waals surface area contributed by atoms with E-state index in [4.69, 9.17) is 15.2 Å². The van der Waals surface area contributed by atoms with Crippen LogP contribution < -0.4 is 15.2 Å². The van der Waals surface area contributed by atoms with Crippen molar-refractivity contribution in [3.63, 3.8) is 0 Å². The second kappa shape index (κ2) is 9.57. The number of primary amides is 1. The Bertz CT molecular complexity index is 1130. The van der Waals surface area contributed by atoms with Crippen molar-refractivity contribution in [2.75, 3.05) is 32.8 Å². The summed E-state index contributed by atoms with van der Waals surface area (Å²) in [5.74, 6) is 1.32. The van der Waals surface area contributed by atoms with Crippen LogP contribution >= 0.6 is 0 Å². The highest BCUT2D eigenvalue weighted by atomic mass is 16.5. The average molecular weight is 435 g/mol. The van der Waals surface area contributed by atoms with E-state index < -0.39 is 6.03 Å². The monoisotopic (exact) mass is 435 g/mol. The number of amides is 3. The quantitative estimate of drug-likeness (QED) is 0.418. The summed E-state index contributed by atoms with van der Waals surface area (Å²) in [6.45, 7) is 1.56. The van der Waals surface area contributed by atoms with E-state index in [2.05, 4.69) is 6.07 Å². The van der Waals surface area contributed by atoms with Crippen LogP contribution in [0, 0.1) is 0 Å². The van der Waals surface area contributed by atoms with Gasteiger partial charge in [-0.25, -0.2) is 9.86 Å². The van der Waals surface area contributed by atoms with Gasteiger partial charge >= 0.3 is 6.03 Å². The van der Waals surface area contributed by atoms with E-state index in [1.165, 1.54) is 0 Å². The predicted octanol–water partition coefficient (Wildman–Crippen LogP) is 3.07. The molecule has 8 heteroatoms. The van der Waals surface area contributed by atoms with Crippen molar-refractivity contribution >= 4 is 22.7 Å². The van der Waals surface area contributed by atoms with Gasteiger partial charge in [-0.3, -0.25) is 10.0 Å². The van der Waals surface area contributed by atoms with Crippen molar-refractivity contribution in [1.29, 1.82) is 0 Å². The molecule has 1 heterocycles. The number of ether oxygens (including phenoxy) is 2. The molecule has 8 nitrogen and oxygen atoms in total. The molecule has 166 valence electrons. The first kappa shape index (κ1) is 21.5. The molecule has 4 rings (SSSR count). The second-order valence-corrected chi connectivity index (χ2v) is 7.53. The lowest BCUT2D eigenvalue weighted by Gasteiger charge is -2.28. The molecule has 3 aromatic rings. The molecule has 0 fully saturated rings. The Hall–Kier alpha value is -3.78. The van der Waals surface area contributed by atoms with E-state index >= 15 is 0 Å². The van der Waals surface area contributed by atoms with E-state index in [-0.39, 0.29) is 19.1 Å². The Kier molecular flexibility index (Phi) is 6.42. The van der Waals surface area contributed by atoms with Crippen LogP contribution in [-0.2, 0) is 6.42 Å². The zero-order valence-corrected chi connectivity index (χ0v) is 17.6. The van der Waals surface area contributed by atoms with Gasteiger partial charge in [0.1, 0.15) is 24.7 Å². The van der Waals surface area contributed by atoms with Gasteiger partial charge < -0.3 is 20.1 Å². The minimum absolute atomic E-state index is 0.0322. The maximum absolute atomic E-state index is 12.9. The first-order valence-electron chi connectivity index (χ1n) is 10.4. The molecule has 1 aliphatic rings. The number of urea groups is 1. The van der Waals surface area contributed by atoms with Crippen molar-refractivity contribution in [3.05, 3.63) is 71.8 Å². The third-order valence-electron chi connectivity index (χ3n) is 5.42. The van der Waals surface area contributed by atoms with Crippen molar-refractivity contribution in [3.8, 4) is 11.5 Å². The lowest BCUT2D eigenvalue weighted by atomic mass is 9.99. The van der Waals surface area contributed by atoms with Crippen molar-refractivity contribution < 1.29 is 24.3 Å². The van der Waals surface area contributed by atoms with Gasteiger partial charge in [-0.2, -0.15) is 0 Å². The number of nitrogens with zero attached hydrogens (tertiary/aromatic N) is 2. The molecule has 0 unspecified atom stereocenters. The van der Waals surface area contributed by atoms with Gasteiger partial charge in [-0.05, 0) is 53.1 Å². The minimum atomic E-state index is -0.936. The van der Waals surface area contributed by atoms with Crippen molar-refractivity contribution in [1.82, 2.24) is 9.96 Å². The number of fused-ring (bicyclic) bond motifs is 2. The van der Waals surface area contributed by atoms with Crippen molar-refractivity contribution in [2.45, 2.75) is 6.42 Å². The molecule has 0 aromatic heterocycles. The number of nitrogens with two attached hydrogens (primary N) is 1. The SMILES string of the molecule is NC(=O)N(O)CCOc1ccc2c(c1)CCN(CCOc1ccc3ccccc3c1)C2=O. The molecule has 0 saturated carbocycles. The summed E-state index contributed by atoms with van der Waals surface area (Å²) in [5, 5.41) is 11.9. The Labute approximate surface area is 185 Å². The van der Waals surface area contributed by atoms with Gasteiger partial charge in [0, 0.05) is 12.1 Å². The zero-order chi connectivity index (χ0) is 22.5. The number of hydroxylamine groups is 2. The van der Waals surface area contributed by atoms with Gasteiger partial charge in [-0.15, -0.1) is 0 Å². The number of benzene rings is 3. The summed E-state index contributed by atoms with van der Waals surface area (Å²) in [6, 6.07) is 18.4. The fourth-order valence-corrected chi connectivity index (χ4v) is 3.71. The number of carbonyl (C=O) groups is 2. The van der Waals surface area contributed by atoms with E-state index in [0.29, 0.717) is 42.5 Å². The summed E-state index contributed by atoms with van der Waals surface area (Å²) >= 11 is 0. The standard InChI is InChI=1S/C24H25N3O5/c25-24(29)27(30)12-14-32-21-7-8-22-19(16-21)9-10-26(23(22)28)11-13-31-20-6-5-17-3-1-2-4-18(17)15-20/h1-8,15-16,30H,9-14H2,(H2,25,29). The summed E-state index contributed by atoms with van der Waals surface area (Å²) in [5.41, 5.74) is 6.52. The highest BCUT2D eigenvalue weighted by molar-refractivity contribution is 5.97. The van der Waals surface area contributed by atoms with Crippen LogP contribution in [0.3, 0.4) is 0 Å². The molecule has 3 aromatic carbocycles. The van der Waals surface area contributed by atoms with E-state index in [1.807, 2.05) is 42.5 Å². The van der Waals surface area contributed by atoms with Crippen LogP contribution in [0.25, 0.3) is 10.8 Å². The lowest BCUT2D eigenvalue weighted by Crippen LogP contribution is -2.40. The van der Waals surface area contributed by atoms with Crippen LogP contribution in [0.1, 0.15) is 15.9 Å². The average Bonchev–Trinajstić information content (AvgIpc) is 2.80. The molecular weight excluding hydrogens is 410 g/mol. The number of hydrogen-bond donors (Lipinski definition) is 2. The van der Waals surface area contributed by atoms with Crippen molar-refractivity contribution in [2.24, 2.45) is 5.73 Å². The summed E-state index contributed by atoms with van der Waals surface area (Å²) in [6.07, 6.45) is 0.710. The molecule has 0 atom stereocenters. The largest absolute Gasteiger partial charge is 0.492 e. The van der Waals surface area contributed by atoms with Gasteiger partial charge in [-0.1, -0.05) is 30.3 Å². The summed E-state index contributed by atoms with van der Waals surface area (Å²) < 4.78 is 11.4. The van der Waals surface area contributed by atoms with Crippen LogP contribution in [0.4, 0.5) is 4.79 Å². The third kappa shape index (κ3) is 4.92. The highest BCUT2D eigenvalue weighted by Gasteiger charge is 2.24. The van der Waals surface area contributed by atoms with E-state index in [9.17, 15) is 14.8 Å². The molecule has 3 N–H and O–H groups in total. The molecular formula is C24H25N3O5. The second-order valence-electron chi connectivity index (χ2n) is 7.53. The first-order valence-corrected chi connectivity index (χ1v) is 10.4. The minimum Gasteiger partial charge on any atom is -0.492 e. The smallest absolute Gasteiger partial charge is 0.338 e. The molecule has 32 heavy (non-hydrogen) atoms. The Balaban J connectivity index is 1.30. The molecule has 0 saturated heterocycles. The van der Waals surface area contributed by atoms with Crippen LogP contribution in [0.15, 0.2) is 60.7 Å². The van der Waals surface area contributed by atoms with Crippen LogP contribution in [0.5, 0.6) is 11.5 Å². The predicted molar refractivity (Wildman–Crippen MR) is 119 cm³/mol. The molecule has 1 aliphatic heterocycles. The normalized spacial score (nSPS) is 13.0. The highest BCUT2D eigenvalue weighted by Crippen LogP contribution is 2.24. The molecule has 0 spiro atoms. The van der Waals surface area contributed by atoms with Gasteiger partial charge in [0.15, 0.2) is 0 Å². The van der Waals surface area contributed by atoms with Gasteiger partial charge in [0.25, 0.3) is 5.91 Å². The van der Waals surface area contributed by atoms with E-state index in [0.717, 1.165) is 22.1 Å². The molecule has 0 bridgehead atoms.